The molecule has 0 saturated carbocycles. The van der Waals surface area contributed by atoms with Crippen LogP contribution in [0.25, 0.3) is 0 Å². The van der Waals surface area contributed by atoms with Crippen molar-refractivity contribution < 1.29 is 0 Å². The Balaban J connectivity index is 2.02. The monoisotopic (exact) mass is 242 g/mol. The first-order valence-corrected chi connectivity index (χ1v) is 6.58. The van der Waals surface area contributed by atoms with Gasteiger partial charge in [-0.2, -0.15) is 0 Å². The molecular formula is C11H11ClS2. The van der Waals surface area contributed by atoms with Crippen LogP contribution in [0.15, 0.2) is 39.5 Å². The van der Waals surface area contributed by atoms with E-state index in [0.717, 1.165) is 6.42 Å². The second-order valence-corrected chi connectivity index (χ2v) is 6.41. The molecule has 0 radical (unpaired) electrons. The van der Waals surface area contributed by atoms with Crippen LogP contribution in [0.2, 0.25) is 0 Å². The molecule has 0 bridgehead atoms. The minimum Gasteiger partial charge on any atom is -0.134 e. The Hall–Kier alpha value is -0.180. The number of hydrogen-bond donors (Lipinski definition) is 0. The van der Waals surface area contributed by atoms with Gasteiger partial charge < -0.3 is 0 Å². The Bertz CT molecular complexity index is 376. The molecule has 1 unspecified atom stereocenters. The van der Waals surface area contributed by atoms with Crippen LogP contribution in [0.3, 0.4) is 0 Å². The number of thiophene rings is 1. The van der Waals surface area contributed by atoms with Gasteiger partial charge in [-0.25, -0.2) is 0 Å². The average Bonchev–Trinajstić information content (AvgIpc) is 2.56. The molecule has 0 amide bonds. The summed E-state index contributed by atoms with van der Waals surface area (Å²) >= 11 is 9.61. The standard InChI is InChI=1S/C11H11ClS2/c1-8-2-7-11(13-8)14-10-5-3-9(12)4-6-10/h2-3,5-7,9H,4H2,1H3. The summed E-state index contributed by atoms with van der Waals surface area (Å²) in [5.41, 5.74) is 0. The minimum absolute atomic E-state index is 0.185. The van der Waals surface area contributed by atoms with Gasteiger partial charge in [0.15, 0.2) is 0 Å². The van der Waals surface area contributed by atoms with Gasteiger partial charge >= 0.3 is 0 Å². The van der Waals surface area contributed by atoms with Crippen LogP contribution >= 0.6 is 34.7 Å². The van der Waals surface area contributed by atoms with E-state index in [-0.39, 0.29) is 5.38 Å². The van der Waals surface area contributed by atoms with E-state index in [1.165, 1.54) is 14.0 Å². The highest BCUT2D eigenvalue weighted by Crippen LogP contribution is 2.35. The van der Waals surface area contributed by atoms with Gasteiger partial charge in [-0.05, 0) is 25.5 Å². The van der Waals surface area contributed by atoms with Crippen molar-refractivity contribution >= 4 is 34.7 Å². The second kappa shape index (κ2) is 4.56. The zero-order chi connectivity index (χ0) is 9.97. The lowest BCUT2D eigenvalue weighted by atomic mass is 10.2. The number of rotatable bonds is 2. The van der Waals surface area contributed by atoms with Crippen molar-refractivity contribution in [2.24, 2.45) is 0 Å². The maximum Gasteiger partial charge on any atom is 0.0648 e. The first-order chi connectivity index (χ1) is 6.74. The van der Waals surface area contributed by atoms with Crippen molar-refractivity contribution in [3.63, 3.8) is 0 Å². The third-order valence-corrected chi connectivity index (χ3v) is 4.44. The summed E-state index contributed by atoms with van der Waals surface area (Å²) in [7, 11) is 0. The van der Waals surface area contributed by atoms with Crippen LogP contribution in [-0.4, -0.2) is 5.38 Å². The zero-order valence-corrected chi connectivity index (χ0v) is 10.3. The van der Waals surface area contributed by atoms with E-state index in [9.17, 15) is 0 Å². The van der Waals surface area contributed by atoms with Crippen molar-refractivity contribution in [1.29, 1.82) is 0 Å². The van der Waals surface area contributed by atoms with Gasteiger partial charge in [0.2, 0.25) is 0 Å². The molecule has 14 heavy (non-hydrogen) atoms. The number of halogens is 1. The Labute approximate surface area is 97.7 Å². The van der Waals surface area contributed by atoms with Crippen LogP contribution in [0, 0.1) is 6.92 Å². The van der Waals surface area contributed by atoms with Gasteiger partial charge in [-0.3, -0.25) is 0 Å². The molecule has 1 aromatic heterocycles. The van der Waals surface area contributed by atoms with Gasteiger partial charge in [-0.15, -0.1) is 22.9 Å². The van der Waals surface area contributed by atoms with E-state index in [0.29, 0.717) is 0 Å². The van der Waals surface area contributed by atoms with Crippen LogP contribution in [0.5, 0.6) is 0 Å². The molecule has 0 nitrogen and oxygen atoms in total. The number of allylic oxidation sites excluding steroid dienone is 3. The van der Waals surface area contributed by atoms with Gasteiger partial charge in [0.05, 0.1) is 9.59 Å². The van der Waals surface area contributed by atoms with Crippen LogP contribution in [-0.2, 0) is 0 Å². The van der Waals surface area contributed by atoms with Crippen LogP contribution in [0.1, 0.15) is 11.3 Å². The minimum atomic E-state index is 0.185. The molecule has 1 atom stereocenters. The van der Waals surface area contributed by atoms with Crippen molar-refractivity contribution in [2.75, 3.05) is 0 Å². The smallest absolute Gasteiger partial charge is 0.0648 e. The van der Waals surface area contributed by atoms with Crippen LogP contribution in [0.4, 0.5) is 0 Å². The number of hydrogen-bond acceptors (Lipinski definition) is 2. The molecule has 1 aliphatic carbocycles. The number of alkyl halides is 1. The van der Waals surface area contributed by atoms with E-state index in [1.54, 1.807) is 0 Å². The molecule has 2 rings (SSSR count). The van der Waals surface area contributed by atoms with Crippen LogP contribution < -0.4 is 0 Å². The van der Waals surface area contributed by atoms with Crippen molar-refractivity contribution in [3.05, 3.63) is 40.1 Å². The third-order valence-electron chi connectivity index (χ3n) is 1.95. The first kappa shape index (κ1) is 10.3. The Kier molecular flexibility index (Phi) is 3.37. The third kappa shape index (κ3) is 2.66. The Morgan fingerprint density at radius 2 is 2.36 bits per heavy atom. The largest absolute Gasteiger partial charge is 0.134 e. The maximum absolute atomic E-state index is 5.95. The summed E-state index contributed by atoms with van der Waals surface area (Å²) in [6, 6.07) is 4.33. The summed E-state index contributed by atoms with van der Waals surface area (Å²) in [5, 5.41) is 0.185. The van der Waals surface area contributed by atoms with E-state index in [4.69, 9.17) is 11.6 Å². The molecule has 0 aromatic carbocycles. The summed E-state index contributed by atoms with van der Waals surface area (Å²) in [6.45, 7) is 2.13. The molecule has 1 aromatic rings. The quantitative estimate of drug-likeness (QED) is 0.683. The Morgan fingerprint density at radius 1 is 1.50 bits per heavy atom. The molecule has 1 heterocycles. The number of thioether (sulfide) groups is 1. The van der Waals surface area contributed by atoms with E-state index < -0.39 is 0 Å². The fourth-order valence-electron chi connectivity index (χ4n) is 1.23. The number of aryl methyl sites for hydroxylation is 1. The van der Waals surface area contributed by atoms with Gasteiger partial charge in [-0.1, -0.05) is 30.0 Å². The summed E-state index contributed by atoms with van der Waals surface area (Å²) < 4.78 is 1.35. The molecule has 0 aliphatic heterocycles. The molecule has 3 heteroatoms. The first-order valence-electron chi connectivity index (χ1n) is 4.51. The zero-order valence-electron chi connectivity index (χ0n) is 7.87. The predicted octanol–water partition coefficient (Wildman–Crippen LogP) is 4.60. The molecular weight excluding hydrogens is 232 g/mol. The highest BCUT2D eigenvalue weighted by atomic mass is 35.5. The molecule has 0 fully saturated rings. The molecule has 74 valence electrons. The summed E-state index contributed by atoms with van der Waals surface area (Å²) in [5.74, 6) is 0. The van der Waals surface area contributed by atoms with E-state index in [1.807, 2.05) is 23.1 Å². The molecule has 0 N–H and O–H groups in total. The lowest BCUT2D eigenvalue weighted by Gasteiger charge is -2.08. The summed E-state index contributed by atoms with van der Waals surface area (Å²) in [6.07, 6.45) is 7.33. The predicted molar refractivity (Wildman–Crippen MR) is 66.4 cm³/mol. The van der Waals surface area contributed by atoms with Crippen molar-refractivity contribution in [3.8, 4) is 0 Å². The van der Waals surface area contributed by atoms with Gasteiger partial charge in [0, 0.05) is 9.78 Å². The molecule has 0 spiro atoms. The Morgan fingerprint density at radius 3 is 2.93 bits per heavy atom. The molecule has 0 saturated heterocycles. The van der Waals surface area contributed by atoms with Gasteiger partial charge in [0.1, 0.15) is 0 Å². The second-order valence-electron chi connectivity index (χ2n) is 3.18. The van der Waals surface area contributed by atoms with Gasteiger partial charge in [0.25, 0.3) is 0 Å². The van der Waals surface area contributed by atoms with Crippen molar-refractivity contribution in [2.45, 2.75) is 22.9 Å². The topological polar surface area (TPSA) is 0 Å². The lowest BCUT2D eigenvalue weighted by Crippen LogP contribution is -1.95. The lowest BCUT2D eigenvalue weighted by molar-refractivity contribution is 1.04. The maximum atomic E-state index is 5.95. The fraction of sp³-hybridized carbons (Fsp3) is 0.273. The highest BCUT2D eigenvalue weighted by Gasteiger charge is 2.07. The van der Waals surface area contributed by atoms with E-state index in [2.05, 4.69) is 37.3 Å². The molecule has 1 aliphatic rings. The highest BCUT2D eigenvalue weighted by molar-refractivity contribution is 8.05. The average molecular weight is 243 g/mol. The normalized spacial score (nSPS) is 21.0. The fourth-order valence-corrected chi connectivity index (χ4v) is 3.53. The summed E-state index contributed by atoms with van der Waals surface area (Å²) in [4.78, 5) is 2.67. The van der Waals surface area contributed by atoms with E-state index >= 15 is 0 Å². The van der Waals surface area contributed by atoms with Crippen molar-refractivity contribution in [1.82, 2.24) is 0 Å². The SMILES string of the molecule is Cc1ccc(SC2=CCC(Cl)C=C2)s1.